The lowest BCUT2D eigenvalue weighted by Gasteiger charge is -2.11. The number of imidazole rings is 1. The zero-order chi connectivity index (χ0) is 23.8. The number of methoxy groups -OCH3 is 1. The molecule has 1 aliphatic rings. The molecule has 0 saturated heterocycles. The van der Waals surface area contributed by atoms with Crippen LogP contribution >= 0.6 is 11.8 Å². The lowest BCUT2D eigenvalue weighted by Crippen LogP contribution is -2.12. The Hall–Kier alpha value is -3.20. The second kappa shape index (κ2) is 11.6. The number of carbonyl (C=O) groups is 1. The first-order valence-corrected chi connectivity index (χ1v) is 11.9. The predicted octanol–water partition coefficient (Wildman–Crippen LogP) is 3.92. The molecule has 2 aromatic heterocycles. The molecule has 9 heteroatoms. The van der Waals surface area contributed by atoms with Crippen LogP contribution in [0.3, 0.4) is 0 Å². The number of aromatic nitrogens is 2. The monoisotopic (exact) mass is 471 g/mol. The molecule has 1 aliphatic carbocycles. The molecule has 4 rings (SSSR count). The molecule has 176 valence electrons. The molecule has 3 aromatic rings. The first-order chi connectivity index (χ1) is 16.0. The summed E-state index contributed by atoms with van der Waals surface area (Å²) >= 11 is 1.43. The minimum Gasteiger partial charge on any atom is -0.494 e. The molecule has 4 N–H and O–H groups in total. The van der Waals surface area contributed by atoms with Gasteiger partial charge in [-0.3, -0.25) is 4.79 Å². The number of rotatable bonds is 9. The highest BCUT2D eigenvalue weighted by molar-refractivity contribution is 7.98. The lowest BCUT2D eigenvalue weighted by atomic mass is 10.2. The van der Waals surface area contributed by atoms with Gasteiger partial charge in [0.1, 0.15) is 5.65 Å². The van der Waals surface area contributed by atoms with Crippen molar-refractivity contribution in [3.63, 3.8) is 0 Å². The van der Waals surface area contributed by atoms with Crippen molar-refractivity contribution in [1.29, 1.82) is 0 Å². The minimum atomic E-state index is -0.418. The molecule has 0 bridgehead atoms. The molecule has 0 radical (unpaired) electrons. The van der Waals surface area contributed by atoms with E-state index in [-0.39, 0.29) is 12.3 Å². The first kappa shape index (κ1) is 24.4. The second-order valence-corrected chi connectivity index (χ2v) is 8.61. The van der Waals surface area contributed by atoms with Crippen LogP contribution in [0.25, 0.3) is 5.65 Å². The largest absolute Gasteiger partial charge is 0.494 e. The number of benzene rings is 1. The van der Waals surface area contributed by atoms with Gasteiger partial charge in [0.2, 0.25) is 6.41 Å². The van der Waals surface area contributed by atoms with Gasteiger partial charge in [-0.1, -0.05) is 6.07 Å². The summed E-state index contributed by atoms with van der Waals surface area (Å²) in [6.07, 6.45) is 11.1. The zero-order valence-electron chi connectivity index (χ0n) is 19.1. The van der Waals surface area contributed by atoms with E-state index in [9.17, 15) is 9.18 Å². The third-order valence-corrected chi connectivity index (χ3v) is 5.97. The van der Waals surface area contributed by atoms with Crippen molar-refractivity contribution >= 4 is 23.8 Å². The third-order valence-electron chi connectivity index (χ3n) is 5.15. The van der Waals surface area contributed by atoms with Gasteiger partial charge < -0.3 is 25.5 Å². The lowest BCUT2D eigenvalue weighted by molar-refractivity contribution is -0.109. The van der Waals surface area contributed by atoms with Crippen molar-refractivity contribution in [2.45, 2.75) is 43.7 Å². The van der Waals surface area contributed by atoms with Crippen molar-refractivity contribution < 1.29 is 13.9 Å². The topological polar surface area (TPSA) is 93.7 Å². The van der Waals surface area contributed by atoms with Crippen LogP contribution in [0, 0.1) is 5.82 Å². The van der Waals surface area contributed by atoms with E-state index in [1.54, 1.807) is 18.3 Å². The van der Waals surface area contributed by atoms with Crippen LogP contribution in [-0.2, 0) is 17.9 Å². The molecule has 1 aromatic carbocycles. The van der Waals surface area contributed by atoms with E-state index in [4.69, 9.17) is 10.5 Å². The average molecular weight is 472 g/mol. The standard InChI is InChI=1S/C14H18N4.C10H12FNO2S/c1-10(15)6-16-7-13-9-18-8-12(11-2-3-11)4-5-14(18)17-13;1-14-8-3-4-9(15-2)7(10(8)11)5-12-6-13/h4-6,8-9,11,16H,2-3,7,15H2,1H3;3-4,6H,5H2,1-2H3,(H,12,13)/b10-6-;. The predicted molar refractivity (Wildman–Crippen MR) is 130 cm³/mol. The van der Waals surface area contributed by atoms with Crippen molar-refractivity contribution in [2.75, 3.05) is 13.4 Å². The quantitative estimate of drug-likeness (QED) is 0.324. The van der Waals surface area contributed by atoms with Gasteiger partial charge in [0.15, 0.2) is 11.6 Å². The first-order valence-electron chi connectivity index (χ1n) is 10.7. The van der Waals surface area contributed by atoms with Crippen LogP contribution in [0.15, 0.2) is 53.5 Å². The highest BCUT2D eigenvalue weighted by atomic mass is 32.2. The summed E-state index contributed by atoms with van der Waals surface area (Å²) in [5, 5.41) is 5.59. The Balaban J connectivity index is 0.000000190. The SMILES string of the molecule is C/C(N)=C/NCc1cn2cc(C3CC3)ccc2n1.COc1ccc(SC)c(CNC=O)c1F. The number of ether oxygens (including phenoxy) is 1. The number of amides is 1. The molecule has 0 atom stereocenters. The Morgan fingerprint density at radius 3 is 2.70 bits per heavy atom. The van der Waals surface area contributed by atoms with E-state index in [0.29, 0.717) is 18.5 Å². The van der Waals surface area contributed by atoms with Crippen molar-refractivity contribution in [1.82, 2.24) is 20.0 Å². The number of halogens is 1. The number of carbonyl (C=O) groups excluding carboxylic acids is 1. The summed E-state index contributed by atoms with van der Waals surface area (Å²) in [5.74, 6) is 0.551. The molecule has 0 unspecified atom stereocenters. The van der Waals surface area contributed by atoms with E-state index < -0.39 is 5.82 Å². The molecule has 33 heavy (non-hydrogen) atoms. The number of nitrogens with one attached hydrogen (secondary N) is 2. The van der Waals surface area contributed by atoms with E-state index in [1.807, 2.05) is 13.2 Å². The van der Waals surface area contributed by atoms with Gasteiger partial charge in [0.05, 0.1) is 19.3 Å². The maximum Gasteiger partial charge on any atom is 0.207 e. The molecule has 1 fully saturated rings. The minimum absolute atomic E-state index is 0.169. The number of allylic oxidation sites excluding steroid dienone is 1. The molecule has 0 aliphatic heterocycles. The Labute approximate surface area is 197 Å². The Kier molecular flexibility index (Phi) is 8.59. The van der Waals surface area contributed by atoms with Crippen LogP contribution in [-0.4, -0.2) is 29.2 Å². The molecule has 7 nitrogen and oxygen atoms in total. The number of nitrogens with two attached hydrogens (primary N) is 1. The Morgan fingerprint density at radius 1 is 1.27 bits per heavy atom. The smallest absolute Gasteiger partial charge is 0.207 e. The number of thioether (sulfide) groups is 1. The normalized spacial score (nSPS) is 13.3. The van der Waals surface area contributed by atoms with Crippen LogP contribution in [0.2, 0.25) is 0 Å². The molecule has 0 spiro atoms. The van der Waals surface area contributed by atoms with Gasteiger partial charge in [0, 0.05) is 41.3 Å². The van der Waals surface area contributed by atoms with Crippen LogP contribution in [0.5, 0.6) is 5.75 Å². The molecule has 2 heterocycles. The summed E-state index contributed by atoms with van der Waals surface area (Å²) in [5.41, 5.74) is 10.3. The maximum atomic E-state index is 13.7. The van der Waals surface area contributed by atoms with Gasteiger partial charge in [0.25, 0.3) is 0 Å². The van der Waals surface area contributed by atoms with Crippen LogP contribution < -0.4 is 21.1 Å². The van der Waals surface area contributed by atoms with Crippen LogP contribution in [0.4, 0.5) is 4.39 Å². The van der Waals surface area contributed by atoms with E-state index in [2.05, 4.69) is 44.5 Å². The van der Waals surface area contributed by atoms with E-state index in [0.717, 1.165) is 27.9 Å². The third kappa shape index (κ3) is 6.64. The molecular weight excluding hydrogens is 441 g/mol. The zero-order valence-corrected chi connectivity index (χ0v) is 19.9. The average Bonchev–Trinajstić information content (AvgIpc) is 3.58. The number of hydrogen-bond acceptors (Lipinski definition) is 6. The van der Waals surface area contributed by atoms with Crippen molar-refractivity contribution in [3.8, 4) is 5.75 Å². The maximum absolute atomic E-state index is 13.7. The van der Waals surface area contributed by atoms with E-state index in [1.165, 1.54) is 37.3 Å². The Morgan fingerprint density at radius 2 is 2.06 bits per heavy atom. The second-order valence-electron chi connectivity index (χ2n) is 7.77. The van der Waals surface area contributed by atoms with Crippen LogP contribution in [0.1, 0.15) is 42.5 Å². The summed E-state index contributed by atoms with van der Waals surface area (Å²) in [4.78, 5) is 15.5. The van der Waals surface area contributed by atoms with Gasteiger partial charge in [-0.2, -0.15) is 0 Å². The fourth-order valence-corrected chi connectivity index (χ4v) is 3.97. The highest BCUT2D eigenvalue weighted by Gasteiger charge is 2.23. The van der Waals surface area contributed by atoms with Gasteiger partial charge >= 0.3 is 0 Å². The molecular formula is C24H30FN5O2S. The molecule has 1 saturated carbocycles. The number of pyridine rings is 1. The van der Waals surface area contributed by atoms with Crippen molar-refractivity contribution in [3.05, 3.63) is 71.2 Å². The highest BCUT2D eigenvalue weighted by Crippen LogP contribution is 2.39. The summed E-state index contributed by atoms with van der Waals surface area (Å²) in [6.45, 7) is 2.73. The fraction of sp³-hybridized carbons (Fsp3) is 0.333. The fourth-order valence-electron chi connectivity index (χ4n) is 3.36. The number of nitrogens with zero attached hydrogens (tertiary/aromatic N) is 2. The van der Waals surface area contributed by atoms with Crippen molar-refractivity contribution in [2.24, 2.45) is 5.73 Å². The van der Waals surface area contributed by atoms with Gasteiger partial charge in [-0.25, -0.2) is 9.37 Å². The summed E-state index contributed by atoms with van der Waals surface area (Å²) in [6, 6.07) is 7.64. The summed E-state index contributed by atoms with van der Waals surface area (Å²) in [7, 11) is 1.41. The molecule has 1 amide bonds. The van der Waals surface area contributed by atoms with E-state index >= 15 is 0 Å². The number of hydrogen-bond donors (Lipinski definition) is 3. The van der Waals surface area contributed by atoms with Gasteiger partial charge in [-0.05, 0) is 55.7 Å². The summed E-state index contributed by atoms with van der Waals surface area (Å²) < 4.78 is 20.7. The number of fused-ring (bicyclic) bond motifs is 1. The Bertz CT molecular complexity index is 1120. The van der Waals surface area contributed by atoms with Gasteiger partial charge in [-0.15, -0.1) is 11.8 Å².